The summed E-state index contributed by atoms with van der Waals surface area (Å²) < 4.78 is 27.4. The molecular weight excluding hydrogens is 324 g/mol. The molecule has 0 aliphatic heterocycles. The summed E-state index contributed by atoms with van der Waals surface area (Å²) in [5.74, 6) is 0.707. The Bertz CT molecular complexity index is 671. The van der Waals surface area contributed by atoms with Crippen LogP contribution in [0.15, 0.2) is 4.34 Å². The zero-order valence-electron chi connectivity index (χ0n) is 12.6. The summed E-state index contributed by atoms with van der Waals surface area (Å²) in [6.45, 7) is 3.51. The third kappa shape index (κ3) is 3.16. The molecule has 3 rings (SSSR count). The first-order valence-corrected chi connectivity index (χ1v) is 9.82. The van der Waals surface area contributed by atoms with Crippen molar-refractivity contribution in [3.8, 4) is 0 Å². The number of nitrogens with zero attached hydrogens (tertiary/aromatic N) is 2. The maximum Gasteiger partial charge on any atom is 0.270 e. The van der Waals surface area contributed by atoms with Crippen LogP contribution in [0.3, 0.4) is 0 Å². The average molecular weight is 344 g/mol. The van der Waals surface area contributed by atoms with Crippen LogP contribution in [-0.2, 0) is 14.8 Å². The molecule has 122 valence electrons. The highest BCUT2D eigenvalue weighted by molar-refractivity contribution is 7.91. The van der Waals surface area contributed by atoms with Gasteiger partial charge in [-0.25, -0.2) is 13.1 Å². The molecule has 0 aromatic carbocycles. The quantitative estimate of drug-likeness (QED) is 0.790. The van der Waals surface area contributed by atoms with Crippen molar-refractivity contribution in [2.24, 2.45) is 17.8 Å². The van der Waals surface area contributed by atoms with Gasteiger partial charge in [-0.2, -0.15) is 0 Å². The van der Waals surface area contributed by atoms with Crippen molar-refractivity contribution in [3.63, 3.8) is 0 Å². The minimum Gasteiger partial charge on any atom is -0.300 e. The fourth-order valence-electron chi connectivity index (χ4n) is 3.26. The molecule has 0 saturated heterocycles. The first kappa shape index (κ1) is 15.8. The van der Waals surface area contributed by atoms with Crippen LogP contribution >= 0.6 is 11.3 Å². The normalized spacial score (nSPS) is 27.5. The third-order valence-electron chi connectivity index (χ3n) is 4.44. The molecule has 22 heavy (non-hydrogen) atoms. The number of fused-ring (bicyclic) bond motifs is 2. The van der Waals surface area contributed by atoms with E-state index in [9.17, 15) is 13.2 Å². The predicted octanol–water partition coefficient (Wildman–Crippen LogP) is 1.60. The van der Waals surface area contributed by atoms with Gasteiger partial charge in [-0.1, -0.05) is 31.6 Å². The fraction of sp³-hybridized carbons (Fsp3) is 0.769. The summed E-state index contributed by atoms with van der Waals surface area (Å²) in [7, 11) is -3.66. The van der Waals surface area contributed by atoms with Crippen LogP contribution in [0.1, 0.15) is 39.5 Å². The van der Waals surface area contributed by atoms with Gasteiger partial charge in [0.2, 0.25) is 15.4 Å². The van der Waals surface area contributed by atoms with Gasteiger partial charge in [0.15, 0.2) is 0 Å². The molecule has 2 fully saturated rings. The predicted molar refractivity (Wildman–Crippen MR) is 82.9 cm³/mol. The van der Waals surface area contributed by atoms with Gasteiger partial charge < -0.3 is 5.32 Å². The Morgan fingerprint density at radius 3 is 2.64 bits per heavy atom. The van der Waals surface area contributed by atoms with Crippen molar-refractivity contribution in [2.45, 2.75) is 49.9 Å². The van der Waals surface area contributed by atoms with E-state index in [2.05, 4.69) is 20.2 Å². The minimum atomic E-state index is -3.66. The van der Waals surface area contributed by atoms with E-state index in [0.29, 0.717) is 11.8 Å². The molecule has 7 nitrogen and oxygen atoms in total. The van der Waals surface area contributed by atoms with E-state index in [1.807, 2.05) is 0 Å². The van der Waals surface area contributed by atoms with Crippen molar-refractivity contribution < 1.29 is 13.2 Å². The molecule has 1 heterocycles. The summed E-state index contributed by atoms with van der Waals surface area (Å²) in [5, 5.41) is 10.2. The molecule has 2 aliphatic carbocycles. The largest absolute Gasteiger partial charge is 0.300 e. The number of carbonyl (C=O) groups excluding carboxylic acids is 1. The second kappa shape index (κ2) is 5.86. The van der Waals surface area contributed by atoms with Crippen molar-refractivity contribution in [2.75, 3.05) is 5.32 Å². The smallest absolute Gasteiger partial charge is 0.270 e. The van der Waals surface area contributed by atoms with E-state index in [4.69, 9.17) is 0 Å². The molecular formula is C13H20N4O3S2. The Morgan fingerprint density at radius 1 is 1.27 bits per heavy atom. The van der Waals surface area contributed by atoms with Crippen molar-refractivity contribution >= 4 is 32.4 Å². The second-order valence-corrected chi connectivity index (χ2v) is 9.28. The van der Waals surface area contributed by atoms with Gasteiger partial charge in [0, 0.05) is 12.0 Å². The molecule has 1 aromatic rings. The Hall–Kier alpha value is -1.06. The van der Waals surface area contributed by atoms with E-state index in [-0.39, 0.29) is 27.3 Å². The van der Waals surface area contributed by atoms with Gasteiger partial charge in [-0.05, 0) is 31.1 Å². The standard InChI is InChI=1S/C13H20N4O3S2/c1-7(2)11(18)14-12-15-16-13(21-12)22(19,20)17-10-6-8-3-4-9(10)5-8/h7-10,17H,3-6H2,1-2H3,(H,14,15,18)/t8-,9-,10+/m1/s1. The fourth-order valence-corrected chi connectivity index (χ4v) is 5.49. The molecule has 2 bridgehead atoms. The van der Waals surface area contributed by atoms with Gasteiger partial charge in [-0.15, -0.1) is 10.2 Å². The van der Waals surface area contributed by atoms with E-state index in [0.717, 1.165) is 30.6 Å². The van der Waals surface area contributed by atoms with Crippen molar-refractivity contribution in [3.05, 3.63) is 0 Å². The number of hydrogen-bond donors (Lipinski definition) is 2. The van der Waals surface area contributed by atoms with Crippen LogP contribution in [0.5, 0.6) is 0 Å². The second-order valence-electron chi connectivity index (χ2n) is 6.42. The number of amides is 1. The van der Waals surface area contributed by atoms with E-state index in [1.165, 1.54) is 6.42 Å². The third-order valence-corrected chi connectivity index (χ3v) is 7.13. The van der Waals surface area contributed by atoms with Gasteiger partial charge >= 0.3 is 0 Å². The number of anilines is 1. The lowest BCUT2D eigenvalue weighted by molar-refractivity contribution is -0.118. The summed E-state index contributed by atoms with van der Waals surface area (Å²) in [5.41, 5.74) is 0. The van der Waals surface area contributed by atoms with Gasteiger partial charge in [0.25, 0.3) is 10.0 Å². The molecule has 2 aliphatic rings. The summed E-state index contributed by atoms with van der Waals surface area (Å²) >= 11 is 0.884. The first-order chi connectivity index (χ1) is 10.3. The molecule has 0 spiro atoms. The molecule has 3 atom stereocenters. The lowest BCUT2D eigenvalue weighted by Gasteiger charge is -2.21. The Balaban J connectivity index is 1.67. The topological polar surface area (TPSA) is 101 Å². The van der Waals surface area contributed by atoms with Gasteiger partial charge in [0.1, 0.15) is 0 Å². The number of sulfonamides is 1. The van der Waals surface area contributed by atoms with Crippen LogP contribution < -0.4 is 10.0 Å². The number of carbonyl (C=O) groups is 1. The summed E-state index contributed by atoms with van der Waals surface area (Å²) in [6, 6.07) is 0.0151. The lowest BCUT2D eigenvalue weighted by atomic mass is 9.96. The highest BCUT2D eigenvalue weighted by Gasteiger charge is 2.41. The number of hydrogen-bond acceptors (Lipinski definition) is 6. The maximum atomic E-state index is 12.4. The zero-order valence-corrected chi connectivity index (χ0v) is 14.2. The average Bonchev–Trinajstić information content (AvgIpc) is 3.13. The van der Waals surface area contributed by atoms with E-state index in [1.54, 1.807) is 13.8 Å². The lowest BCUT2D eigenvalue weighted by Crippen LogP contribution is -2.38. The number of nitrogens with one attached hydrogen (secondary N) is 2. The minimum absolute atomic E-state index is 0.0151. The zero-order chi connectivity index (χ0) is 15.9. The first-order valence-electron chi connectivity index (χ1n) is 7.52. The molecule has 2 saturated carbocycles. The molecule has 2 N–H and O–H groups in total. The van der Waals surface area contributed by atoms with E-state index < -0.39 is 10.0 Å². The SMILES string of the molecule is CC(C)C(=O)Nc1nnc(S(=O)(=O)N[C@H]2C[C@@H]3CC[C@@H]2C3)s1. The van der Waals surface area contributed by atoms with Crippen molar-refractivity contribution in [1.29, 1.82) is 0 Å². The molecule has 0 radical (unpaired) electrons. The van der Waals surface area contributed by atoms with Gasteiger partial charge in [0.05, 0.1) is 0 Å². The molecule has 1 aromatic heterocycles. The summed E-state index contributed by atoms with van der Waals surface area (Å²) in [6.07, 6.45) is 4.36. The van der Waals surface area contributed by atoms with Crippen LogP contribution in [-0.4, -0.2) is 30.6 Å². The van der Waals surface area contributed by atoms with Crippen molar-refractivity contribution in [1.82, 2.24) is 14.9 Å². The Morgan fingerprint density at radius 2 is 2.05 bits per heavy atom. The number of aromatic nitrogens is 2. The Kier molecular flexibility index (Phi) is 4.21. The molecule has 9 heteroatoms. The maximum absolute atomic E-state index is 12.4. The molecule has 1 amide bonds. The number of rotatable bonds is 5. The highest BCUT2D eigenvalue weighted by atomic mass is 32.2. The Labute approximate surface area is 134 Å². The monoisotopic (exact) mass is 344 g/mol. The van der Waals surface area contributed by atoms with Crippen LogP contribution in [0.4, 0.5) is 5.13 Å². The van der Waals surface area contributed by atoms with Crippen LogP contribution in [0.2, 0.25) is 0 Å². The molecule has 0 unspecified atom stereocenters. The van der Waals surface area contributed by atoms with Crippen LogP contribution in [0, 0.1) is 17.8 Å². The van der Waals surface area contributed by atoms with Crippen LogP contribution in [0.25, 0.3) is 0 Å². The highest BCUT2D eigenvalue weighted by Crippen LogP contribution is 2.44. The van der Waals surface area contributed by atoms with E-state index >= 15 is 0 Å². The van der Waals surface area contributed by atoms with Gasteiger partial charge in [-0.3, -0.25) is 4.79 Å². The summed E-state index contributed by atoms with van der Waals surface area (Å²) in [4.78, 5) is 11.6.